The summed E-state index contributed by atoms with van der Waals surface area (Å²) in [6.07, 6.45) is 7.02. The van der Waals surface area contributed by atoms with Gasteiger partial charge in [0.05, 0.1) is 5.54 Å². The summed E-state index contributed by atoms with van der Waals surface area (Å²) in [6.45, 7) is 4.08. The fourth-order valence-electron chi connectivity index (χ4n) is 4.27. The highest BCUT2D eigenvalue weighted by Gasteiger charge is 2.43. The number of carbonyl (C=O) groups is 1. The van der Waals surface area contributed by atoms with Gasteiger partial charge >= 0.3 is 0 Å². The zero-order chi connectivity index (χ0) is 14.7. The van der Waals surface area contributed by atoms with Crippen molar-refractivity contribution in [2.45, 2.75) is 50.1 Å². The summed E-state index contributed by atoms with van der Waals surface area (Å²) < 4.78 is 0. The van der Waals surface area contributed by atoms with E-state index >= 15 is 0 Å². The minimum Gasteiger partial charge on any atom is -0.334 e. The van der Waals surface area contributed by atoms with E-state index < -0.39 is 0 Å². The van der Waals surface area contributed by atoms with Gasteiger partial charge in [0.2, 0.25) is 5.91 Å². The second-order valence-corrected chi connectivity index (χ2v) is 8.15. The maximum Gasteiger partial charge on any atom is 0.224 e. The molecule has 4 nitrogen and oxygen atoms in total. The Morgan fingerprint density at radius 1 is 1.29 bits per heavy atom. The summed E-state index contributed by atoms with van der Waals surface area (Å²) in [4.78, 5) is 17.6. The van der Waals surface area contributed by atoms with Crippen LogP contribution in [-0.4, -0.2) is 72.0 Å². The molecule has 120 valence electrons. The molecular weight excluding hydrogens is 282 g/mol. The Bertz CT molecular complexity index is 365. The molecule has 0 aromatic rings. The molecule has 0 aromatic carbocycles. The lowest BCUT2D eigenvalue weighted by molar-refractivity contribution is -0.144. The molecule has 0 aromatic heterocycles. The van der Waals surface area contributed by atoms with Gasteiger partial charge in [0, 0.05) is 50.1 Å². The molecule has 3 fully saturated rings. The van der Waals surface area contributed by atoms with Crippen LogP contribution in [0.15, 0.2) is 0 Å². The number of carbonyl (C=O) groups excluding carboxylic acids is 1. The largest absolute Gasteiger partial charge is 0.334 e. The highest BCUT2D eigenvalue weighted by Crippen LogP contribution is 2.36. The first kappa shape index (κ1) is 15.6. The molecule has 5 heteroatoms. The number of nitrogens with zero attached hydrogens (tertiary/aromatic N) is 2. The van der Waals surface area contributed by atoms with Crippen LogP contribution in [0.5, 0.6) is 0 Å². The normalized spacial score (nSPS) is 30.5. The van der Waals surface area contributed by atoms with Crippen LogP contribution in [0.4, 0.5) is 0 Å². The van der Waals surface area contributed by atoms with E-state index in [-0.39, 0.29) is 5.54 Å². The monoisotopic (exact) mass is 311 g/mol. The second kappa shape index (κ2) is 6.88. The number of thioether (sulfide) groups is 1. The van der Waals surface area contributed by atoms with Crippen molar-refractivity contribution in [2.24, 2.45) is 0 Å². The van der Waals surface area contributed by atoms with Gasteiger partial charge in [0.1, 0.15) is 0 Å². The van der Waals surface area contributed by atoms with E-state index in [0.717, 1.165) is 31.9 Å². The van der Waals surface area contributed by atoms with Crippen LogP contribution in [0.3, 0.4) is 0 Å². The first-order valence-electron chi connectivity index (χ1n) is 8.50. The van der Waals surface area contributed by atoms with Crippen molar-refractivity contribution in [1.82, 2.24) is 15.1 Å². The van der Waals surface area contributed by atoms with E-state index in [9.17, 15) is 4.79 Å². The molecular formula is C16H29N3OS. The van der Waals surface area contributed by atoms with Gasteiger partial charge in [-0.25, -0.2) is 0 Å². The predicted molar refractivity (Wildman–Crippen MR) is 88.8 cm³/mol. The zero-order valence-corrected chi connectivity index (χ0v) is 14.1. The van der Waals surface area contributed by atoms with Gasteiger partial charge in [0.25, 0.3) is 0 Å². The fourth-order valence-corrected chi connectivity index (χ4v) is 5.22. The van der Waals surface area contributed by atoms with E-state index in [1.54, 1.807) is 0 Å². The summed E-state index contributed by atoms with van der Waals surface area (Å²) in [5.74, 6) is 2.67. The van der Waals surface area contributed by atoms with Crippen molar-refractivity contribution in [1.29, 1.82) is 0 Å². The van der Waals surface area contributed by atoms with Gasteiger partial charge in [-0.15, -0.1) is 0 Å². The third-order valence-electron chi connectivity index (χ3n) is 5.35. The van der Waals surface area contributed by atoms with Crippen LogP contribution in [-0.2, 0) is 4.79 Å². The number of amides is 1. The minimum atomic E-state index is 0.143. The van der Waals surface area contributed by atoms with Gasteiger partial charge in [-0.05, 0) is 19.9 Å². The van der Waals surface area contributed by atoms with Crippen LogP contribution in [0.2, 0.25) is 0 Å². The van der Waals surface area contributed by atoms with Crippen molar-refractivity contribution < 1.29 is 4.79 Å². The maximum absolute atomic E-state index is 12.9. The van der Waals surface area contributed by atoms with E-state index in [1.165, 1.54) is 37.9 Å². The Morgan fingerprint density at radius 3 is 2.81 bits per heavy atom. The Labute approximate surface area is 133 Å². The van der Waals surface area contributed by atoms with Gasteiger partial charge in [-0.1, -0.05) is 19.3 Å². The summed E-state index contributed by atoms with van der Waals surface area (Å²) in [6, 6.07) is 0.386. The molecule has 3 rings (SSSR count). The van der Waals surface area contributed by atoms with Crippen molar-refractivity contribution in [3.05, 3.63) is 0 Å². The Balaban J connectivity index is 1.66. The molecule has 1 N–H and O–H groups in total. The van der Waals surface area contributed by atoms with E-state index in [1.807, 2.05) is 11.8 Å². The summed E-state index contributed by atoms with van der Waals surface area (Å²) in [5.41, 5.74) is 0.143. The predicted octanol–water partition coefficient (Wildman–Crippen LogP) is 1.56. The molecule has 21 heavy (non-hydrogen) atoms. The summed E-state index contributed by atoms with van der Waals surface area (Å²) in [5, 5.41) is 3.51. The standard InChI is InChI=1S/C16H29N3OS/c1-18-8-9-19(16(13-18)5-3-2-4-6-16)15(20)11-14-12-21-10-7-17-14/h14,17H,2-13H2,1H3. The quantitative estimate of drug-likeness (QED) is 0.839. The number of piperazine rings is 1. The number of rotatable bonds is 2. The summed E-state index contributed by atoms with van der Waals surface area (Å²) in [7, 11) is 2.21. The van der Waals surface area contributed by atoms with E-state index in [0.29, 0.717) is 18.4 Å². The Morgan fingerprint density at radius 2 is 2.10 bits per heavy atom. The molecule has 1 amide bonds. The number of hydrogen-bond acceptors (Lipinski definition) is 4. The molecule has 3 aliphatic rings. The highest BCUT2D eigenvalue weighted by atomic mass is 32.2. The molecule has 0 radical (unpaired) electrons. The molecule has 1 unspecified atom stereocenters. The lowest BCUT2D eigenvalue weighted by atomic mass is 9.78. The van der Waals surface area contributed by atoms with Gasteiger partial charge in [0.15, 0.2) is 0 Å². The number of nitrogens with one attached hydrogen (secondary N) is 1. The van der Waals surface area contributed by atoms with Crippen LogP contribution < -0.4 is 5.32 Å². The van der Waals surface area contributed by atoms with E-state index in [2.05, 4.69) is 22.2 Å². The Hall–Kier alpha value is -0.260. The first-order chi connectivity index (χ1) is 10.2. The molecule has 1 aliphatic carbocycles. The van der Waals surface area contributed by atoms with Crippen LogP contribution in [0.1, 0.15) is 38.5 Å². The van der Waals surface area contributed by atoms with Crippen molar-refractivity contribution in [2.75, 3.05) is 44.7 Å². The Kier molecular flexibility index (Phi) is 5.12. The third-order valence-corrected chi connectivity index (χ3v) is 6.48. The lowest BCUT2D eigenvalue weighted by Gasteiger charge is -2.52. The van der Waals surface area contributed by atoms with Gasteiger partial charge < -0.3 is 15.1 Å². The number of likely N-dealkylation sites (N-methyl/N-ethyl adjacent to an activating group) is 1. The average molecular weight is 311 g/mol. The topological polar surface area (TPSA) is 35.6 Å². The molecule has 2 heterocycles. The average Bonchev–Trinajstić information content (AvgIpc) is 2.49. The fraction of sp³-hybridized carbons (Fsp3) is 0.938. The van der Waals surface area contributed by atoms with Crippen molar-refractivity contribution in [3.63, 3.8) is 0 Å². The van der Waals surface area contributed by atoms with Crippen molar-refractivity contribution in [3.8, 4) is 0 Å². The zero-order valence-electron chi connectivity index (χ0n) is 13.3. The van der Waals surface area contributed by atoms with Gasteiger partial charge in [-0.2, -0.15) is 11.8 Å². The molecule has 1 spiro atoms. The van der Waals surface area contributed by atoms with Gasteiger partial charge in [-0.3, -0.25) is 4.79 Å². The smallest absolute Gasteiger partial charge is 0.224 e. The molecule has 0 bridgehead atoms. The SMILES string of the molecule is CN1CCN(C(=O)CC2CSCCN2)C2(CCCCC2)C1. The van der Waals surface area contributed by atoms with E-state index in [4.69, 9.17) is 0 Å². The lowest BCUT2D eigenvalue weighted by Crippen LogP contribution is -2.64. The molecule has 1 saturated carbocycles. The van der Waals surface area contributed by atoms with Crippen LogP contribution in [0.25, 0.3) is 0 Å². The number of hydrogen-bond donors (Lipinski definition) is 1. The second-order valence-electron chi connectivity index (χ2n) is 7.00. The molecule has 2 saturated heterocycles. The third kappa shape index (κ3) is 3.57. The molecule has 1 atom stereocenters. The summed E-state index contributed by atoms with van der Waals surface area (Å²) >= 11 is 1.98. The van der Waals surface area contributed by atoms with Crippen molar-refractivity contribution >= 4 is 17.7 Å². The van der Waals surface area contributed by atoms with Crippen LogP contribution in [0, 0.1) is 0 Å². The van der Waals surface area contributed by atoms with Crippen LogP contribution >= 0.6 is 11.8 Å². The minimum absolute atomic E-state index is 0.143. The molecule has 2 aliphatic heterocycles. The highest BCUT2D eigenvalue weighted by molar-refractivity contribution is 7.99. The first-order valence-corrected chi connectivity index (χ1v) is 9.65. The maximum atomic E-state index is 12.9.